The minimum Gasteiger partial charge on any atom is -0.457 e. The van der Waals surface area contributed by atoms with Crippen molar-refractivity contribution in [3.05, 3.63) is 64.0 Å². The molecule has 0 unspecified atom stereocenters. The zero-order chi connectivity index (χ0) is 23.7. The fourth-order valence-corrected chi connectivity index (χ4v) is 5.06. The van der Waals surface area contributed by atoms with Gasteiger partial charge in [-0.1, -0.05) is 32.9 Å². The third-order valence-electron chi connectivity index (χ3n) is 5.68. The molecule has 3 rings (SSSR count). The molecule has 0 atom stereocenters. The van der Waals surface area contributed by atoms with Crippen LogP contribution < -0.4 is 0 Å². The van der Waals surface area contributed by atoms with Gasteiger partial charge in [0.1, 0.15) is 12.4 Å². The van der Waals surface area contributed by atoms with E-state index < -0.39 is 27.4 Å². The number of benzene rings is 2. The Bertz CT molecular complexity index is 1090. The fraction of sp³-hybridized carbons (Fsp3) is 0.458. The van der Waals surface area contributed by atoms with E-state index in [0.29, 0.717) is 13.2 Å². The normalized spacial score (nSPS) is 15.6. The molecule has 0 radical (unpaired) electrons. The molecule has 8 heteroatoms. The zero-order valence-electron chi connectivity index (χ0n) is 19.2. The second-order valence-electron chi connectivity index (χ2n) is 9.07. The number of morpholine rings is 1. The minimum absolute atomic E-state index is 0.0136. The second-order valence-corrected chi connectivity index (χ2v) is 11.0. The number of aryl methyl sites for hydroxylation is 2. The highest BCUT2D eigenvalue weighted by Gasteiger charge is 2.28. The molecule has 0 aliphatic carbocycles. The molecule has 1 saturated heterocycles. The van der Waals surface area contributed by atoms with Gasteiger partial charge in [-0.25, -0.2) is 17.6 Å². The summed E-state index contributed by atoms with van der Waals surface area (Å²) in [5, 5.41) is 0. The van der Waals surface area contributed by atoms with Crippen LogP contribution in [0.1, 0.15) is 53.4 Å². The van der Waals surface area contributed by atoms with E-state index in [2.05, 4.69) is 32.9 Å². The van der Waals surface area contributed by atoms with Crippen LogP contribution in [0.15, 0.2) is 35.2 Å². The molecule has 0 N–H and O–H groups in total. The summed E-state index contributed by atoms with van der Waals surface area (Å²) in [6, 6.07) is 7.32. The molecule has 0 bridgehead atoms. The first-order chi connectivity index (χ1) is 14.9. The largest absolute Gasteiger partial charge is 0.457 e. The number of hydrogen-bond acceptors (Lipinski definition) is 5. The van der Waals surface area contributed by atoms with Crippen LogP contribution in [0.3, 0.4) is 0 Å². The fourth-order valence-electron chi connectivity index (χ4n) is 3.63. The summed E-state index contributed by atoms with van der Waals surface area (Å²) in [4.78, 5) is 12.5. The van der Waals surface area contributed by atoms with Crippen LogP contribution in [-0.2, 0) is 31.5 Å². The van der Waals surface area contributed by atoms with Gasteiger partial charge in [0.15, 0.2) is 0 Å². The topological polar surface area (TPSA) is 72.9 Å². The van der Waals surface area contributed by atoms with E-state index in [1.807, 2.05) is 13.8 Å². The smallest absolute Gasteiger partial charge is 0.341 e. The lowest BCUT2D eigenvalue weighted by atomic mass is 9.84. The van der Waals surface area contributed by atoms with Crippen molar-refractivity contribution in [2.24, 2.45) is 0 Å². The Kier molecular flexibility index (Phi) is 7.07. The van der Waals surface area contributed by atoms with Gasteiger partial charge in [0.05, 0.1) is 23.7 Å². The van der Waals surface area contributed by atoms with E-state index in [4.69, 9.17) is 9.47 Å². The Morgan fingerprint density at radius 3 is 2.25 bits per heavy atom. The number of sulfonamides is 1. The molecular weight excluding hydrogens is 433 g/mol. The number of carbonyl (C=O) groups excluding carboxylic acids is 1. The molecule has 1 fully saturated rings. The molecule has 0 saturated carbocycles. The SMILES string of the molecule is Cc1cc(C(C)(C)C)cc(C)c1COC(=O)c1cc(S(=O)(=O)N2CCOCC2)ccc1F. The van der Waals surface area contributed by atoms with Crippen molar-refractivity contribution in [3.8, 4) is 0 Å². The average Bonchev–Trinajstić information content (AvgIpc) is 2.73. The van der Waals surface area contributed by atoms with Gasteiger partial charge in [-0.05, 0) is 59.7 Å². The predicted octanol–water partition coefficient (Wildman–Crippen LogP) is 4.12. The maximum Gasteiger partial charge on any atom is 0.341 e. The Hall–Kier alpha value is -2.29. The summed E-state index contributed by atoms with van der Waals surface area (Å²) >= 11 is 0. The van der Waals surface area contributed by atoms with Crippen LogP contribution in [0.5, 0.6) is 0 Å². The van der Waals surface area contributed by atoms with Crippen molar-refractivity contribution >= 4 is 16.0 Å². The third kappa shape index (κ3) is 5.19. The first-order valence-corrected chi connectivity index (χ1v) is 12.0. The van der Waals surface area contributed by atoms with Crippen LogP contribution in [0, 0.1) is 19.7 Å². The monoisotopic (exact) mass is 463 g/mol. The number of hydrogen-bond donors (Lipinski definition) is 0. The number of nitrogens with zero attached hydrogens (tertiary/aromatic N) is 1. The number of halogens is 1. The maximum absolute atomic E-state index is 14.4. The number of rotatable bonds is 5. The number of ether oxygens (including phenoxy) is 2. The summed E-state index contributed by atoms with van der Waals surface area (Å²) in [7, 11) is -3.86. The lowest BCUT2D eigenvalue weighted by Crippen LogP contribution is -2.40. The van der Waals surface area contributed by atoms with Crippen LogP contribution in [0.25, 0.3) is 0 Å². The molecule has 0 amide bonds. The summed E-state index contributed by atoms with van der Waals surface area (Å²) < 4.78 is 51.9. The van der Waals surface area contributed by atoms with Crippen LogP contribution in [0.2, 0.25) is 0 Å². The van der Waals surface area contributed by atoms with Crippen molar-refractivity contribution in [2.75, 3.05) is 26.3 Å². The summed E-state index contributed by atoms with van der Waals surface area (Å²) in [5.74, 6) is -1.73. The van der Waals surface area contributed by atoms with E-state index in [1.54, 1.807) is 0 Å². The average molecular weight is 464 g/mol. The van der Waals surface area contributed by atoms with E-state index in [-0.39, 0.29) is 30.0 Å². The van der Waals surface area contributed by atoms with Crippen LogP contribution in [0.4, 0.5) is 4.39 Å². The van der Waals surface area contributed by atoms with Crippen molar-refractivity contribution < 1.29 is 27.1 Å². The molecule has 174 valence electrons. The molecule has 0 aromatic heterocycles. The van der Waals surface area contributed by atoms with E-state index in [0.717, 1.165) is 34.9 Å². The van der Waals surface area contributed by atoms with Crippen molar-refractivity contribution in [3.63, 3.8) is 0 Å². The number of esters is 1. The summed E-state index contributed by atoms with van der Waals surface area (Å²) in [6.45, 7) is 11.3. The van der Waals surface area contributed by atoms with Gasteiger partial charge in [0.2, 0.25) is 10.0 Å². The molecule has 6 nitrogen and oxygen atoms in total. The molecule has 0 spiro atoms. The lowest BCUT2D eigenvalue weighted by Gasteiger charge is -2.26. The highest BCUT2D eigenvalue weighted by Crippen LogP contribution is 2.28. The summed E-state index contributed by atoms with van der Waals surface area (Å²) in [5.41, 5.74) is 3.57. The quantitative estimate of drug-likeness (QED) is 0.624. The highest BCUT2D eigenvalue weighted by atomic mass is 32.2. The highest BCUT2D eigenvalue weighted by molar-refractivity contribution is 7.89. The Morgan fingerprint density at radius 2 is 1.69 bits per heavy atom. The van der Waals surface area contributed by atoms with Gasteiger partial charge < -0.3 is 9.47 Å². The second kappa shape index (κ2) is 9.29. The van der Waals surface area contributed by atoms with Crippen LogP contribution >= 0.6 is 0 Å². The molecule has 2 aromatic rings. The Morgan fingerprint density at radius 1 is 1.09 bits per heavy atom. The molecule has 32 heavy (non-hydrogen) atoms. The van der Waals surface area contributed by atoms with Gasteiger partial charge >= 0.3 is 5.97 Å². The first-order valence-electron chi connectivity index (χ1n) is 10.6. The minimum atomic E-state index is -3.86. The van der Waals surface area contributed by atoms with Gasteiger partial charge in [0.25, 0.3) is 0 Å². The molecule has 1 aliphatic rings. The predicted molar refractivity (Wildman–Crippen MR) is 120 cm³/mol. The van der Waals surface area contributed by atoms with Gasteiger partial charge in [-0.3, -0.25) is 0 Å². The van der Waals surface area contributed by atoms with Crippen LogP contribution in [-0.4, -0.2) is 45.0 Å². The van der Waals surface area contributed by atoms with Crippen molar-refractivity contribution in [1.29, 1.82) is 0 Å². The Balaban J connectivity index is 1.81. The van der Waals surface area contributed by atoms with E-state index in [9.17, 15) is 17.6 Å². The van der Waals surface area contributed by atoms with E-state index in [1.165, 1.54) is 9.87 Å². The van der Waals surface area contributed by atoms with Crippen molar-refractivity contribution in [1.82, 2.24) is 4.31 Å². The maximum atomic E-state index is 14.4. The van der Waals surface area contributed by atoms with Gasteiger partial charge in [0, 0.05) is 13.1 Å². The Labute approximate surface area is 189 Å². The standard InChI is InChI=1S/C24H30FNO5S/c1-16-12-18(24(3,4)5)13-17(2)21(16)15-31-23(27)20-14-19(6-7-22(20)25)32(28,29)26-8-10-30-11-9-26/h6-7,12-14H,8-11,15H2,1-5H3. The molecular formula is C24H30FNO5S. The third-order valence-corrected chi connectivity index (χ3v) is 7.57. The van der Waals surface area contributed by atoms with Crippen molar-refractivity contribution in [2.45, 2.75) is 51.5 Å². The first kappa shape index (κ1) is 24.4. The van der Waals surface area contributed by atoms with Gasteiger partial charge in [-0.15, -0.1) is 0 Å². The summed E-state index contributed by atoms with van der Waals surface area (Å²) in [6.07, 6.45) is 0. The molecule has 1 heterocycles. The molecule has 1 aliphatic heterocycles. The zero-order valence-corrected chi connectivity index (χ0v) is 20.0. The van der Waals surface area contributed by atoms with E-state index >= 15 is 0 Å². The molecule has 2 aromatic carbocycles. The number of carbonyl (C=O) groups is 1. The lowest BCUT2D eigenvalue weighted by molar-refractivity contribution is 0.0465. The van der Waals surface area contributed by atoms with Gasteiger partial charge in [-0.2, -0.15) is 4.31 Å².